The minimum atomic E-state index is 0.289. The van der Waals surface area contributed by atoms with Crippen molar-refractivity contribution in [1.82, 2.24) is 15.0 Å². The molecule has 0 saturated carbocycles. The second kappa shape index (κ2) is 3.89. The molecule has 0 fully saturated rings. The van der Waals surface area contributed by atoms with Gasteiger partial charge in [0.15, 0.2) is 5.82 Å². The minimum absolute atomic E-state index is 0.289. The lowest BCUT2D eigenvalue weighted by Gasteiger charge is -2.06. The van der Waals surface area contributed by atoms with Crippen molar-refractivity contribution in [3.05, 3.63) is 33.4 Å². The van der Waals surface area contributed by atoms with Crippen LogP contribution in [0.3, 0.4) is 0 Å². The fourth-order valence-electron chi connectivity index (χ4n) is 1.14. The third-order valence-corrected chi connectivity index (χ3v) is 2.52. The number of halogens is 3. The van der Waals surface area contributed by atoms with Crippen LogP contribution in [0, 0.1) is 0 Å². The number of rotatable bonds is 1. The molecule has 0 spiro atoms. The summed E-state index contributed by atoms with van der Waals surface area (Å²) in [6.07, 6.45) is 1.51. The van der Waals surface area contributed by atoms with E-state index in [2.05, 4.69) is 10.3 Å². The summed E-state index contributed by atoms with van der Waals surface area (Å²) in [5.41, 5.74) is 5.95. The van der Waals surface area contributed by atoms with Crippen molar-refractivity contribution in [2.75, 3.05) is 5.73 Å². The molecule has 4 nitrogen and oxygen atoms in total. The van der Waals surface area contributed by atoms with Crippen LogP contribution >= 0.6 is 34.8 Å². The standard InChI is InChI=1S/C8H5Cl3N4/c9-4-1-5(10)8(6(11)2-4)15-3-7(12)13-14-15/h1-3H,12H2. The first-order valence-electron chi connectivity index (χ1n) is 3.90. The van der Waals surface area contributed by atoms with Crippen LogP contribution in [0.15, 0.2) is 18.3 Å². The van der Waals surface area contributed by atoms with Crippen molar-refractivity contribution in [3.8, 4) is 5.69 Å². The van der Waals surface area contributed by atoms with Crippen LogP contribution in [0.1, 0.15) is 0 Å². The SMILES string of the molecule is Nc1cn(-c2c(Cl)cc(Cl)cc2Cl)nn1. The zero-order valence-corrected chi connectivity index (χ0v) is 9.55. The number of hydrogen-bond donors (Lipinski definition) is 1. The molecule has 0 aliphatic carbocycles. The molecule has 0 radical (unpaired) electrons. The Labute approximate surface area is 101 Å². The molecule has 2 N–H and O–H groups in total. The molecule has 0 unspecified atom stereocenters. The molecule has 0 bridgehead atoms. The fourth-order valence-corrected chi connectivity index (χ4v) is 2.13. The highest BCUT2D eigenvalue weighted by atomic mass is 35.5. The van der Waals surface area contributed by atoms with Gasteiger partial charge in [-0.1, -0.05) is 40.0 Å². The van der Waals surface area contributed by atoms with E-state index in [9.17, 15) is 0 Å². The molecule has 1 heterocycles. The average molecular weight is 264 g/mol. The van der Waals surface area contributed by atoms with E-state index < -0.39 is 0 Å². The molecule has 0 atom stereocenters. The second-order valence-corrected chi connectivity index (χ2v) is 4.06. The highest BCUT2D eigenvalue weighted by Crippen LogP contribution is 2.31. The maximum Gasteiger partial charge on any atom is 0.166 e. The molecule has 1 aromatic heterocycles. The molecular weight excluding hydrogens is 258 g/mol. The van der Waals surface area contributed by atoms with Crippen molar-refractivity contribution >= 4 is 40.6 Å². The first-order valence-corrected chi connectivity index (χ1v) is 5.04. The van der Waals surface area contributed by atoms with Gasteiger partial charge in [-0.3, -0.25) is 0 Å². The molecule has 2 rings (SSSR count). The maximum absolute atomic E-state index is 5.98. The van der Waals surface area contributed by atoms with Crippen LogP contribution in [-0.2, 0) is 0 Å². The van der Waals surface area contributed by atoms with E-state index >= 15 is 0 Å². The minimum Gasteiger partial charge on any atom is -0.381 e. The van der Waals surface area contributed by atoms with Gasteiger partial charge < -0.3 is 5.73 Å². The quantitative estimate of drug-likeness (QED) is 0.861. The van der Waals surface area contributed by atoms with Crippen LogP contribution in [-0.4, -0.2) is 15.0 Å². The Morgan fingerprint density at radius 2 is 1.73 bits per heavy atom. The van der Waals surface area contributed by atoms with E-state index in [0.717, 1.165) is 0 Å². The maximum atomic E-state index is 5.98. The van der Waals surface area contributed by atoms with Crippen molar-refractivity contribution < 1.29 is 0 Å². The molecule has 15 heavy (non-hydrogen) atoms. The lowest BCUT2D eigenvalue weighted by Crippen LogP contribution is -1.97. The average Bonchev–Trinajstić information content (AvgIpc) is 2.49. The largest absolute Gasteiger partial charge is 0.381 e. The van der Waals surface area contributed by atoms with E-state index in [1.807, 2.05) is 0 Å². The van der Waals surface area contributed by atoms with E-state index in [0.29, 0.717) is 20.8 Å². The fraction of sp³-hybridized carbons (Fsp3) is 0. The van der Waals surface area contributed by atoms with Crippen LogP contribution in [0.25, 0.3) is 5.69 Å². The van der Waals surface area contributed by atoms with Gasteiger partial charge in [-0.25, -0.2) is 4.68 Å². The van der Waals surface area contributed by atoms with Crippen molar-refractivity contribution in [2.45, 2.75) is 0 Å². The summed E-state index contributed by atoms with van der Waals surface area (Å²) < 4.78 is 1.40. The number of nitrogen functional groups attached to an aromatic ring is 1. The molecule has 0 amide bonds. The van der Waals surface area contributed by atoms with E-state index in [-0.39, 0.29) is 5.82 Å². The van der Waals surface area contributed by atoms with Crippen LogP contribution in [0.2, 0.25) is 15.1 Å². The van der Waals surface area contributed by atoms with Gasteiger partial charge in [0.05, 0.1) is 16.2 Å². The van der Waals surface area contributed by atoms with Gasteiger partial charge >= 0.3 is 0 Å². The Kier molecular flexibility index (Phi) is 2.73. The third kappa shape index (κ3) is 2.02. The number of hydrogen-bond acceptors (Lipinski definition) is 3. The highest BCUT2D eigenvalue weighted by molar-refractivity contribution is 6.40. The van der Waals surface area contributed by atoms with Crippen LogP contribution in [0.5, 0.6) is 0 Å². The molecule has 1 aromatic carbocycles. The number of benzene rings is 1. The zero-order valence-electron chi connectivity index (χ0n) is 7.28. The summed E-state index contributed by atoms with van der Waals surface area (Å²) in [7, 11) is 0. The summed E-state index contributed by atoms with van der Waals surface area (Å²) in [6.45, 7) is 0. The van der Waals surface area contributed by atoms with E-state index in [1.54, 1.807) is 12.1 Å². The van der Waals surface area contributed by atoms with Gasteiger partial charge in [0, 0.05) is 5.02 Å². The Bertz CT molecular complexity index is 485. The number of aromatic nitrogens is 3. The molecule has 7 heteroatoms. The topological polar surface area (TPSA) is 56.7 Å². The van der Waals surface area contributed by atoms with Gasteiger partial charge in [0.1, 0.15) is 5.69 Å². The predicted molar refractivity (Wildman–Crippen MR) is 60.8 cm³/mol. The Hall–Kier alpha value is -0.970. The summed E-state index contributed by atoms with van der Waals surface area (Å²) in [5.74, 6) is 0.289. The van der Waals surface area contributed by atoms with Crippen molar-refractivity contribution in [2.24, 2.45) is 0 Å². The highest BCUT2D eigenvalue weighted by Gasteiger charge is 2.11. The molecule has 0 aliphatic rings. The predicted octanol–water partition coefficient (Wildman–Crippen LogP) is 2.81. The molecular formula is C8H5Cl3N4. The Morgan fingerprint density at radius 3 is 2.20 bits per heavy atom. The summed E-state index contributed by atoms with van der Waals surface area (Å²) in [4.78, 5) is 0. The molecule has 2 aromatic rings. The lowest BCUT2D eigenvalue weighted by atomic mass is 10.3. The zero-order chi connectivity index (χ0) is 11.0. The van der Waals surface area contributed by atoms with E-state index in [4.69, 9.17) is 40.5 Å². The Balaban J connectivity index is 2.62. The number of nitrogens with zero attached hydrogens (tertiary/aromatic N) is 3. The van der Waals surface area contributed by atoms with Crippen LogP contribution < -0.4 is 5.73 Å². The number of nitrogens with two attached hydrogens (primary N) is 1. The molecule has 78 valence electrons. The third-order valence-electron chi connectivity index (χ3n) is 1.72. The van der Waals surface area contributed by atoms with Gasteiger partial charge in [-0.15, -0.1) is 5.10 Å². The first-order chi connectivity index (χ1) is 7.08. The first kappa shape index (κ1) is 10.5. The van der Waals surface area contributed by atoms with Crippen molar-refractivity contribution in [1.29, 1.82) is 0 Å². The van der Waals surface area contributed by atoms with Gasteiger partial charge in [-0.05, 0) is 12.1 Å². The normalized spacial score (nSPS) is 10.6. The summed E-state index contributed by atoms with van der Waals surface area (Å²) in [5, 5.41) is 8.64. The monoisotopic (exact) mass is 262 g/mol. The van der Waals surface area contributed by atoms with Gasteiger partial charge in [0.25, 0.3) is 0 Å². The van der Waals surface area contributed by atoms with Gasteiger partial charge in [-0.2, -0.15) is 0 Å². The Morgan fingerprint density at radius 1 is 1.13 bits per heavy atom. The molecule has 0 aliphatic heterocycles. The molecule has 0 saturated heterocycles. The smallest absolute Gasteiger partial charge is 0.166 e. The van der Waals surface area contributed by atoms with E-state index in [1.165, 1.54) is 10.9 Å². The van der Waals surface area contributed by atoms with Gasteiger partial charge in [0.2, 0.25) is 0 Å². The van der Waals surface area contributed by atoms with Crippen LogP contribution in [0.4, 0.5) is 5.82 Å². The van der Waals surface area contributed by atoms with Crippen molar-refractivity contribution in [3.63, 3.8) is 0 Å². The summed E-state index contributed by atoms with van der Waals surface area (Å²) in [6, 6.07) is 3.14. The second-order valence-electron chi connectivity index (χ2n) is 2.81. The summed E-state index contributed by atoms with van der Waals surface area (Å²) >= 11 is 17.7. The number of anilines is 1. The lowest BCUT2D eigenvalue weighted by molar-refractivity contribution is 0.804.